The summed E-state index contributed by atoms with van der Waals surface area (Å²) in [6, 6.07) is 21.8. The highest BCUT2D eigenvalue weighted by atomic mass is 79.9. The molecule has 55 heavy (non-hydrogen) atoms. The molecule has 3 amide bonds. The molecule has 0 saturated carbocycles. The Bertz CT molecular complexity index is 1890. The summed E-state index contributed by atoms with van der Waals surface area (Å²) in [5.74, 6) is -3.85. The minimum atomic E-state index is -1.41. The number of carbonyl (C=O) groups is 4. The SMILES string of the molecule is C=CCCC(=O)N[C@@H](C)[C@H](OC(=O)[C@H]1[C@@H]2O[C@@]3(CC2Br)[C@@H]1C(=O)N([C@@H](CO)Cc1ccccc1)[C@@H]3C(=O)N(CC=C)c1c(C)cccc1C)c1ccccc1. The predicted octanol–water partition coefficient (Wildman–Crippen LogP) is 5.93. The van der Waals surface area contributed by atoms with Crippen LogP contribution in [0.3, 0.4) is 0 Å². The predicted molar refractivity (Wildman–Crippen MR) is 214 cm³/mol. The van der Waals surface area contributed by atoms with Crippen LogP contribution in [-0.4, -0.2) is 81.5 Å². The van der Waals surface area contributed by atoms with Gasteiger partial charge >= 0.3 is 5.97 Å². The van der Waals surface area contributed by atoms with Gasteiger partial charge in [-0.15, -0.1) is 13.2 Å². The second-order valence-corrected chi connectivity index (χ2v) is 16.0. The Balaban J connectivity index is 1.42. The van der Waals surface area contributed by atoms with E-state index in [1.807, 2.05) is 92.7 Å². The first-order valence-electron chi connectivity index (χ1n) is 18.9. The first kappa shape index (κ1) is 40.1. The maximum atomic E-state index is 15.4. The third-order valence-electron chi connectivity index (χ3n) is 11.2. The number of para-hydroxylation sites is 1. The Hall–Kier alpha value is -4.58. The molecule has 3 aliphatic heterocycles. The molecule has 0 aromatic heterocycles. The van der Waals surface area contributed by atoms with Crippen molar-refractivity contribution in [3.63, 3.8) is 0 Å². The number of carbonyl (C=O) groups excluding carboxylic acids is 4. The Labute approximate surface area is 331 Å². The van der Waals surface area contributed by atoms with Crippen molar-refractivity contribution in [2.24, 2.45) is 11.8 Å². The largest absolute Gasteiger partial charge is 0.455 e. The second kappa shape index (κ2) is 17.1. The molecule has 290 valence electrons. The molecule has 3 heterocycles. The fraction of sp³-hybridized carbons (Fsp3) is 0.409. The van der Waals surface area contributed by atoms with E-state index in [2.05, 4.69) is 34.4 Å². The summed E-state index contributed by atoms with van der Waals surface area (Å²) in [6.07, 6.45) is 2.94. The Morgan fingerprint density at radius 2 is 1.69 bits per heavy atom. The van der Waals surface area contributed by atoms with Crippen LogP contribution >= 0.6 is 15.9 Å². The number of allylic oxidation sites excluding steroid dienone is 1. The maximum Gasteiger partial charge on any atom is 0.313 e. The number of halogens is 1. The minimum Gasteiger partial charge on any atom is -0.455 e. The third kappa shape index (κ3) is 7.66. The van der Waals surface area contributed by atoms with Gasteiger partial charge in [-0.1, -0.05) is 107 Å². The van der Waals surface area contributed by atoms with Gasteiger partial charge in [-0.3, -0.25) is 19.2 Å². The van der Waals surface area contributed by atoms with Crippen molar-refractivity contribution in [1.82, 2.24) is 10.2 Å². The molecule has 3 saturated heterocycles. The maximum absolute atomic E-state index is 15.4. The number of anilines is 1. The zero-order valence-electron chi connectivity index (χ0n) is 31.6. The minimum absolute atomic E-state index is 0.161. The number of ether oxygens (including phenoxy) is 2. The van der Waals surface area contributed by atoms with Gasteiger partial charge < -0.3 is 29.7 Å². The van der Waals surface area contributed by atoms with E-state index in [-0.39, 0.29) is 42.4 Å². The molecule has 2 N–H and O–H groups in total. The van der Waals surface area contributed by atoms with Crippen molar-refractivity contribution in [2.75, 3.05) is 18.1 Å². The van der Waals surface area contributed by atoms with E-state index in [1.165, 1.54) is 4.90 Å². The number of esters is 1. The van der Waals surface area contributed by atoms with Gasteiger partial charge in [0.2, 0.25) is 11.8 Å². The number of fused-ring (bicyclic) bond motifs is 1. The van der Waals surface area contributed by atoms with Crippen LogP contribution in [0.2, 0.25) is 0 Å². The molecule has 3 aromatic rings. The van der Waals surface area contributed by atoms with Crippen LogP contribution in [-0.2, 0) is 35.1 Å². The van der Waals surface area contributed by atoms with Crippen molar-refractivity contribution >= 4 is 45.3 Å². The number of aliphatic hydroxyl groups excluding tert-OH is 1. The molecule has 10 nitrogen and oxygen atoms in total. The van der Waals surface area contributed by atoms with Crippen molar-refractivity contribution < 1.29 is 33.8 Å². The van der Waals surface area contributed by atoms with E-state index >= 15 is 9.59 Å². The fourth-order valence-electron chi connectivity index (χ4n) is 8.89. The number of benzene rings is 3. The lowest BCUT2D eigenvalue weighted by atomic mass is 9.70. The smallest absolute Gasteiger partial charge is 0.313 e. The highest BCUT2D eigenvalue weighted by Gasteiger charge is 2.77. The van der Waals surface area contributed by atoms with Crippen LogP contribution in [0.25, 0.3) is 0 Å². The van der Waals surface area contributed by atoms with E-state index in [9.17, 15) is 14.7 Å². The summed E-state index contributed by atoms with van der Waals surface area (Å²) in [5.41, 5.74) is 2.59. The average Bonchev–Trinajstić information content (AvgIpc) is 3.78. The summed E-state index contributed by atoms with van der Waals surface area (Å²) in [6.45, 7) is 13.0. The van der Waals surface area contributed by atoms with Gasteiger partial charge in [0.15, 0.2) is 0 Å². The molecule has 3 aromatic carbocycles. The summed E-state index contributed by atoms with van der Waals surface area (Å²) in [7, 11) is 0. The number of rotatable bonds is 16. The van der Waals surface area contributed by atoms with Crippen molar-refractivity contribution in [3.8, 4) is 0 Å². The van der Waals surface area contributed by atoms with Crippen LogP contribution < -0.4 is 10.2 Å². The summed E-state index contributed by atoms with van der Waals surface area (Å²) >= 11 is 3.77. The van der Waals surface area contributed by atoms with E-state index in [0.29, 0.717) is 17.7 Å². The quantitative estimate of drug-likeness (QED) is 0.104. The summed E-state index contributed by atoms with van der Waals surface area (Å²) in [5, 5.41) is 13.9. The van der Waals surface area contributed by atoms with Crippen LogP contribution in [0.15, 0.2) is 104 Å². The molecule has 11 heteroatoms. The summed E-state index contributed by atoms with van der Waals surface area (Å²) in [4.78, 5) is 60.7. The Kier molecular flexibility index (Phi) is 12.4. The number of nitrogens with zero attached hydrogens (tertiary/aromatic N) is 2. The number of aliphatic hydroxyl groups is 1. The van der Waals surface area contributed by atoms with E-state index < -0.39 is 66.3 Å². The van der Waals surface area contributed by atoms with Crippen LogP contribution in [0, 0.1) is 25.7 Å². The third-order valence-corrected chi connectivity index (χ3v) is 12.1. The van der Waals surface area contributed by atoms with Gasteiger partial charge in [0, 0.05) is 23.5 Å². The lowest BCUT2D eigenvalue weighted by Gasteiger charge is -2.40. The molecule has 3 aliphatic rings. The number of hydrogen-bond acceptors (Lipinski definition) is 7. The van der Waals surface area contributed by atoms with Gasteiger partial charge in [-0.05, 0) is 62.3 Å². The lowest BCUT2D eigenvalue weighted by Crippen LogP contribution is -2.59. The number of hydrogen-bond donors (Lipinski definition) is 2. The van der Waals surface area contributed by atoms with Crippen molar-refractivity contribution in [1.29, 1.82) is 0 Å². The van der Waals surface area contributed by atoms with Gasteiger partial charge in [-0.2, -0.15) is 0 Å². The molecule has 9 atom stereocenters. The standard InChI is InChI=1S/C44H50BrN3O7/c1-6-8-22-34(50)46-29(5)38(31-20-13-10-14-21-31)54-43(53)35-36-41(51)48(32(26-49)24-30-18-11-9-12-19-30)40(44(36)25-33(45)39(35)55-44)42(52)47(23-7-2)37-27(3)16-15-17-28(37)4/h6-7,9-21,29,32-33,35-36,38-40,49H,1-2,8,22-26H2,3-5H3,(H,46,50)/t29-,32+,33?,35+,36-,38-,39+,40+,44-/m0/s1. The second-order valence-electron chi connectivity index (χ2n) is 14.9. The van der Waals surface area contributed by atoms with Gasteiger partial charge in [0.25, 0.3) is 5.91 Å². The zero-order chi connectivity index (χ0) is 39.4. The number of nitrogens with one attached hydrogen (secondary N) is 1. The molecule has 2 bridgehead atoms. The zero-order valence-corrected chi connectivity index (χ0v) is 33.2. The van der Waals surface area contributed by atoms with Crippen molar-refractivity contribution in [3.05, 3.63) is 126 Å². The molecule has 0 radical (unpaired) electrons. The number of likely N-dealkylation sites (tertiary alicyclic amines) is 1. The topological polar surface area (TPSA) is 125 Å². The highest BCUT2D eigenvalue weighted by Crippen LogP contribution is 2.61. The average molecular weight is 813 g/mol. The molecular formula is C44H50BrN3O7. The first-order valence-corrected chi connectivity index (χ1v) is 19.8. The first-order chi connectivity index (χ1) is 26.5. The van der Waals surface area contributed by atoms with Crippen LogP contribution in [0.5, 0.6) is 0 Å². The number of amides is 3. The fourth-order valence-corrected chi connectivity index (χ4v) is 9.83. The number of alkyl halides is 1. The van der Waals surface area contributed by atoms with Crippen LogP contribution in [0.1, 0.15) is 54.5 Å². The van der Waals surface area contributed by atoms with Crippen molar-refractivity contribution in [2.45, 2.75) is 87.2 Å². The van der Waals surface area contributed by atoms with Crippen LogP contribution in [0.4, 0.5) is 5.69 Å². The molecule has 0 aliphatic carbocycles. The van der Waals surface area contributed by atoms with E-state index in [1.54, 1.807) is 24.0 Å². The molecule has 1 spiro atoms. The molecule has 3 fully saturated rings. The molecular weight excluding hydrogens is 762 g/mol. The van der Waals surface area contributed by atoms with E-state index in [4.69, 9.17) is 9.47 Å². The van der Waals surface area contributed by atoms with Gasteiger partial charge in [0.1, 0.15) is 17.7 Å². The van der Waals surface area contributed by atoms with E-state index in [0.717, 1.165) is 16.7 Å². The van der Waals surface area contributed by atoms with Gasteiger partial charge in [0.05, 0.1) is 36.6 Å². The highest BCUT2D eigenvalue weighted by molar-refractivity contribution is 9.09. The molecule has 1 unspecified atom stereocenters. The normalized spacial score (nSPS) is 25.4. The lowest BCUT2D eigenvalue weighted by molar-refractivity contribution is -0.162. The number of aryl methyl sites for hydroxylation is 2. The summed E-state index contributed by atoms with van der Waals surface area (Å²) < 4.78 is 13.2. The molecule has 6 rings (SSSR count). The van der Waals surface area contributed by atoms with Gasteiger partial charge in [-0.25, -0.2) is 0 Å². The Morgan fingerprint density at radius 3 is 2.31 bits per heavy atom. The Morgan fingerprint density at radius 1 is 1.04 bits per heavy atom. The monoisotopic (exact) mass is 811 g/mol.